The number of aliphatic hydroxyl groups excluding tert-OH is 1. The zero-order chi connectivity index (χ0) is 23.1. The van der Waals surface area contributed by atoms with Crippen LogP contribution in [-0.4, -0.2) is 55.9 Å². The lowest BCUT2D eigenvalue weighted by Crippen LogP contribution is -2.30. The van der Waals surface area contributed by atoms with Crippen molar-refractivity contribution in [1.29, 1.82) is 0 Å². The highest BCUT2D eigenvalue weighted by Crippen LogP contribution is 2.54. The Morgan fingerprint density at radius 3 is 2.72 bits per heavy atom. The van der Waals surface area contributed by atoms with Crippen LogP contribution in [0.3, 0.4) is 0 Å². The monoisotopic (exact) mass is 478 g/mol. The summed E-state index contributed by atoms with van der Waals surface area (Å²) in [5.74, 6) is 1.39. The summed E-state index contributed by atoms with van der Waals surface area (Å²) in [7, 11) is 1.63. The number of thioether (sulfide) groups is 1. The second-order valence-electron chi connectivity index (χ2n) is 7.64. The normalized spacial score (nSPS) is 15.2. The molecule has 1 aliphatic rings. The molecule has 0 saturated carbocycles. The first kappa shape index (κ1) is 24.7. The molecule has 1 amide bonds. The van der Waals surface area contributed by atoms with E-state index in [-0.39, 0.29) is 17.9 Å². The SMILES string of the molecule is CCCN(CCO)CCCOc1ccc(OC)cc1C1Sc2ccc(Cl)cc2N1C(C)=O. The summed E-state index contributed by atoms with van der Waals surface area (Å²) in [6.45, 7) is 6.90. The van der Waals surface area contributed by atoms with Crippen LogP contribution < -0.4 is 14.4 Å². The maximum atomic E-state index is 12.6. The average molecular weight is 479 g/mol. The number of benzene rings is 2. The van der Waals surface area contributed by atoms with Crippen LogP contribution in [0.25, 0.3) is 0 Å². The van der Waals surface area contributed by atoms with E-state index >= 15 is 0 Å². The lowest BCUT2D eigenvalue weighted by atomic mass is 10.1. The number of carbonyl (C=O) groups excluding carboxylic acids is 1. The zero-order valence-electron chi connectivity index (χ0n) is 18.8. The van der Waals surface area contributed by atoms with Crippen molar-refractivity contribution in [3.63, 3.8) is 0 Å². The Labute approximate surface area is 199 Å². The fourth-order valence-corrected chi connectivity index (χ4v) is 5.37. The summed E-state index contributed by atoms with van der Waals surface area (Å²) in [6, 6.07) is 11.3. The second kappa shape index (κ2) is 11.8. The lowest BCUT2D eigenvalue weighted by Gasteiger charge is -2.26. The van der Waals surface area contributed by atoms with Gasteiger partial charge in [0, 0.05) is 35.5 Å². The molecule has 1 atom stereocenters. The fourth-order valence-electron chi connectivity index (χ4n) is 3.86. The molecule has 6 nitrogen and oxygen atoms in total. The number of aliphatic hydroxyl groups is 1. The lowest BCUT2D eigenvalue weighted by molar-refractivity contribution is -0.116. The van der Waals surface area contributed by atoms with E-state index in [1.54, 1.807) is 30.7 Å². The number of hydrogen-bond donors (Lipinski definition) is 1. The molecule has 2 aromatic carbocycles. The van der Waals surface area contributed by atoms with Crippen LogP contribution in [0.5, 0.6) is 11.5 Å². The predicted octanol–water partition coefficient (Wildman–Crippen LogP) is 4.98. The molecule has 3 rings (SSSR count). The van der Waals surface area contributed by atoms with Crippen molar-refractivity contribution in [2.75, 3.05) is 44.9 Å². The smallest absolute Gasteiger partial charge is 0.225 e. The Morgan fingerprint density at radius 2 is 2.03 bits per heavy atom. The maximum Gasteiger partial charge on any atom is 0.225 e. The third-order valence-electron chi connectivity index (χ3n) is 5.31. The van der Waals surface area contributed by atoms with Crippen LogP contribution in [0.15, 0.2) is 41.3 Å². The molecule has 32 heavy (non-hydrogen) atoms. The summed E-state index contributed by atoms with van der Waals surface area (Å²) >= 11 is 7.81. The zero-order valence-corrected chi connectivity index (χ0v) is 20.4. The number of rotatable bonds is 11. The van der Waals surface area contributed by atoms with Gasteiger partial charge >= 0.3 is 0 Å². The Morgan fingerprint density at radius 1 is 1.22 bits per heavy atom. The third-order valence-corrected chi connectivity index (χ3v) is 6.83. The number of ether oxygens (including phenoxy) is 2. The molecule has 1 heterocycles. The molecular weight excluding hydrogens is 448 g/mol. The first-order valence-electron chi connectivity index (χ1n) is 10.9. The van der Waals surface area contributed by atoms with Gasteiger partial charge in [0.25, 0.3) is 0 Å². The Balaban J connectivity index is 1.80. The van der Waals surface area contributed by atoms with Crippen LogP contribution in [0.1, 0.15) is 37.6 Å². The van der Waals surface area contributed by atoms with Crippen LogP contribution in [-0.2, 0) is 4.79 Å². The van der Waals surface area contributed by atoms with Gasteiger partial charge in [-0.1, -0.05) is 30.3 Å². The van der Waals surface area contributed by atoms with Gasteiger partial charge in [0.05, 0.1) is 26.0 Å². The van der Waals surface area contributed by atoms with Gasteiger partial charge in [0.2, 0.25) is 5.91 Å². The molecular formula is C24H31ClN2O4S. The number of nitrogens with zero attached hydrogens (tertiary/aromatic N) is 2. The van der Waals surface area contributed by atoms with Crippen LogP contribution >= 0.6 is 23.4 Å². The quantitative estimate of drug-likeness (QED) is 0.459. The predicted molar refractivity (Wildman–Crippen MR) is 130 cm³/mol. The minimum Gasteiger partial charge on any atom is -0.497 e. The minimum absolute atomic E-state index is 0.0588. The van der Waals surface area contributed by atoms with Gasteiger partial charge in [0.1, 0.15) is 16.9 Å². The average Bonchev–Trinajstić information content (AvgIpc) is 3.15. The van der Waals surface area contributed by atoms with Gasteiger partial charge in [-0.3, -0.25) is 9.69 Å². The van der Waals surface area contributed by atoms with Crippen molar-refractivity contribution >= 4 is 35.0 Å². The molecule has 0 radical (unpaired) electrons. The highest BCUT2D eigenvalue weighted by atomic mass is 35.5. The molecule has 0 aromatic heterocycles. The van der Waals surface area contributed by atoms with E-state index < -0.39 is 0 Å². The Kier molecular flexibility index (Phi) is 9.11. The summed E-state index contributed by atoms with van der Waals surface area (Å²) in [6.07, 6.45) is 1.89. The number of anilines is 1. The van der Waals surface area contributed by atoms with E-state index in [1.807, 2.05) is 36.4 Å². The van der Waals surface area contributed by atoms with Gasteiger partial charge in [-0.25, -0.2) is 0 Å². The molecule has 174 valence electrons. The second-order valence-corrected chi connectivity index (χ2v) is 9.20. The molecule has 1 aliphatic heterocycles. The van der Waals surface area contributed by atoms with Gasteiger partial charge in [-0.05, 0) is 55.8 Å². The number of amides is 1. The van der Waals surface area contributed by atoms with E-state index in [4.69, 9.17) is 21.1 Å². The summed E-state index contributed by atoms with van der Waals surface area (Å²) < 4.78 is 11.6. The highest BCUT2D eigenvalue weighted by molar-refractivity contribution is 8.00. The first-order valence-corrected chi connectivity index (χ1v) is 12.1. The number of carbonyl (C=O) groups is 1. The standard InChI is InChI=1S/C24H31ClN2O4S/c1-4-10-26(12-13-28)11-5-14-31-22-8-7-19(30-3)16-20(22)24-27(17(2)29)21-15-18(25)6-9-23(21)32-24/h6-9,15-16,24,28H,4-5,10-14H2,1-3H3. The number of methoxy groups -OCH3 is 1. The van der Waals surface area contributed by atoms with Crippen LogP contribution in [0.4, 0.5) is 5.69 Å². The Bertz CT molecular complexity index is 921. The molecule has 2 aromatic rings. The van der Waals surface area contributed by atoms with E-state index in [1.165, 1.54) is 0 Å². The topological polar surface area (TPSA) is 62.2 Å². The molecule has 0 aliphatic carbocycles. The van der Waals surface area contributed by atoms with E-state index in [0.717, 1.165) is 47.8 Å². The molecule has 8 heteroatoms. The molecule has 1 N–H and O–H groups in total. The molecule has 0 saturated heterocycles. The maximum absolute atomic E-state index is 12.6. The van der Waals surface area contributed by atoms with Gasteiger partial charge in [-0.15, -0.1) is 0 Å². The van der Waals surface area contributed by atoms with Gasteiger partial charge in [0.15, 0.2) is 0 Å². The third kappa shape index (κ3) is 5.90. The van der Waals surface area contributed by atoms with Crippen molar-refractivity contribution in [1.82, 2.24) is 4.90 Å². The Hall–Kier alpha value is -1.93. The van der Waals surface area contributed by atoms with Crippen LogP contribution in [0.2, 0.25) is 5.02 Å². The molecule has 1 unspecified atom stereocenters. The number of hydrogen-bond acceptors (Lipinski definition) is 6. The van der Waals surface area contributed by atoms with Crippen molar-refractivity contribution in [3.8, 4) is 11.5 Å². The number of fused-ring (bicyclic) bond motifs is 1. The molecule has 0 spiro atoms. The van der Waals surface area contributed by atoms with Gasteiger partial charge in [-0.2, -0.15) is 0 Å². The largest absolute Gasteiger partial charge is 0.497 e. The fraction of sp³-hybridized carbons (Fsp3) is 0.458. The minimum atomic E-state index is -0.267. The van der Waals surface area contributed by atoms with E-state index in [9.17, 15) is 9.90 Å². The van der Waals surface area contributed by atoms with Gasteiger partial charge < -0.3 is 19.5 Å². The summed E-state index contributed by atoms with van der Waals surface area (Å²) in [5, 5.41) is 9.57. The van der Waals surface area contributed by atoms with Crippen molar-refractivity contribution in [3.05, 3.63) is 47.0 Å². The summed E-state index contributed by atoms with van der Waals surface area (Å²) in [4.78, 5) is 17.6. The van der Waals surface area contributed by atoms with Crippen molar-refractivity contribution in [2.45, 2.75) is 37.0 Å². The van der Waals surface area contributed by atoms with Crippen molar-refractivity contribution < 1.29 is 19.4 Å². The van der Waals surface area contributed by atoms with Crippen molar-refractivity contribution in [2.24, 2.45) is 0 Å². The van der Waals surface area contributed by atoms with Crippen LogP contribution in [0, 0.1) is 0 Å². The molecule has 0 bridgehead atoms. The highest BCUT2D eigenvalue weighted by Gasteiger charge is 2.36. The first-order chi connectivity index (χ1) is 15.5. The number of halogens is 1. The van der Waals surface area contributed by atoms with E-state index in [0.29, 0.717) is 23.9 Å². The van der Waals surface area contributed by atoms with E-state index in [2.05, 4.69) is 11.8 Å². The summed E-state index contributed by atoms with van der Waals surface area (Å²) in [5.41, 5.74) is 1.70. The molecule has 0 fully saturated rings.